The Balaban J connectivity index is 1.99. The first-order valence-corrected chi connectivity index (χ1v) is 7.24. The molecule has 1 heteroatoms. The largest absolute Gasteiger partial charge is 0.276 e. The summed E-state index contributed by atoms with van der Waals surface area (Å²) in [7, 11) is 0. The molecule has 1 atom stereocenters. The molecule has 0 bridgehead atoms. The van der Waals surface area contributed by atoms with E-state index in [4.69, 9.17) is 4.99 Å². The van der Waals surface area contributed by atoms with E-state index >= 15 is 0 Å². The van der Waals surface area contributed by atoms with Crippen molar-refractivity contribution in [2.75, 3.05) is 0 Å². The van der Waals surface area contributed by atoms with Crippen LogP contribution in [0.3, 0.4) is 0 Å². The van der Waals surface area contributed by atoms with Gasteiger partial charge >= 0.3 is 0 Å². The second-order valence-electron chi connectivity index (χ2n) is 5.17. The highest BCUT2D eigenvalue weighted by molar-refractivity contribution is 6.09. The van der Waals surface area contributed by atoms with Crippen LogP contribution < -0.4 is 0 Å². The van der Waals surface area contributed by atoms with Crippen LogP contribution in [0.4, 0.5) is 0 Å². The highest BCUT2D eigenvalue weighted by Gasteiger charge is 2.18. The highest BCUT2D eigenvalue weighted by atomic mass is 14.8. The van der Waals surface area contributed by atoms with E-state index in [1.54, 1.807) is 0 Å². The van der Waals surface area contributed by atoms with E-state index in [-0.39, 0.29) is 6.04 Å². The minimum absolute atomic E-state index is 0.256. The van der Waals surface area contributed by atoms with E-state index in [1.807, 2.05) is 6.07 Å². The molecule has 0 radical (unpaired) electrons. The number of allylic oxidation sites excluding steroid dienone is 1. The SMILES string of the molecule is CCC1=CC(c2ccccc2)=NC(c2ccccc2)C1. The van der Waals surface area contributed by atoms with E-state index in [0.29, 0.717) is 0 Å². The second kappa shape index (κ2) is 5.87. The van der Waals surface area contributed by atoms with Gasteiger partial charge in [0.2, 0.25) is 0 Å². The molecule has 0 fully saturated rings. The Morgan fingerprint density at radius 1 is 0.950 bits per heavy atom. The van der Waals surface area contributed by atoms with Gasteiger partial charge in [0.25, 0.3) is 0 Å². The molecule has 0 amide bonds. The van der Waals surface area contributed by atoms with Gasteiger partial charge in [-0.2, -0.15) is 0 Å². The summed E-state index contributed by atoms with van der Waals surface area (Å²) < 4.78 is 0. The van der Waals surface area contributed by atoms with E-state index < -0.39 is 0 Å². The van der Waals surface area contributed by atoms with Gasteiger partial charge in [0.05, 0.1) is 11.8 Å². The van der Waals surface area contributed by atoms with Gasteiger partial charge in [0.1, 0.15) is 0 Å². The van der Waals surface area contributed by atoms with Gasteiger partial charge in [0.15, 0.2) is 0 Å². The monoisotopic (exact) mass is 261 g/mol. The number of hydrogen-bond donors (Lipinski definition) is 0. The van der Waals surface area contributed by atoms with Gasteiger partial charge in [-0.25, -0.2) is 0 Å². The Morgan fingerprint density at radius 2 is 1.60 bits per heavy atom. The number of benzene rings is 2. The smallest absolute Gasteiger partial charge is 0.0793 e. The van der Waals surface area contributed by atoms with Crippen LogP contribution in [0.25, 0.3) is 0 Å². The molecule has 0 saturated heterocycles. The van der Waals surface area contributed by atoms with E-state index in [1.165, 1.54) is 16.7 Å². The lowest BCUT2D eigenvalue weighted by atomic mass is 9.92. The quantitative estimate of drug-likeness (QED) is 0.740. The topological polar surface area (TPSA) is 12.4 Å². The minimum atomic E-state index is 0.256. The maximum absolute atomic E-state index is 4.96. The molecule has 1 aliphatic rings. The van der Waals surface area contributed by atoms with Gasteiger partial charge in [-0.1, -0.05) is 73.2 Å². The third-order valence-electron chi connectivity index (χ3n) is 3.80. The number of rotatable bonds is 3. The third-order valence-corrected chi connectivity index (χ3v) is 3.80. The van der Waals surface area contributed by atoms with Gasteiger partial charge in [-0.05, 0) is 30.0 Å². The first-order valence-electron chi connectivity index (χ1n) is 7.24. The zero-order valence-electron chi connectivity index (χ0n) is 11.8. The fraction of sp³-hybridized carbons (Fsp3) is 0.211. The summed E-state index contributed by atoms with van der Waals surface area (Å²) in [6.45, 7) is 2.22. The van der Waals surface area contributed by atoms with Crippen molar-refractivity contribution in [1.29, 1.82) is 0 Å². The molecule has 0 aliphatic carbocycles. The average molecular weight is 261 g/mol. The lowest BCUT2D eigenvalue weighted by Crippen LogP contribution is -2.10. The molecule has 0 N–H and O–H groups in total. The van der Waals surface area contributed by atoms with Crippen LogP contribution in [-0.4, -0.2) is 5.71 Å². The molecule has 3 rings (SSSR count). The predicted molar refractivity (Wildman–Crippen MR) is 85.2 cm³/mol. The highest BCUT2D eigenvalue weighted by Crippen LogP contribution is 2.31. The van der Waals surface area contributed by atoms with Crippen molar-refractivity contribution in [3.8, 4) is 0 Å². The first-order chi connectivity index (χ1) is 9.86. The van der Waals surface area contributed by atoms with Crippen LogP contribution in [-0.2, 0) is 0 Å². The molecular formula is C19H19N. The second-order valence-corrected chi connectivity index (χ2v) is 5.17. The Hall–Kier alpha value is -2.15. The van der Waals surface area contributed by atoms with Gasteiger partial charge in [-0.3, -0.25) is 4.99 Å². The summed E-state index contributed by atoms with van der Waals surface area (Å²) >= 11 is 0. The Morgan fingerprint density at radius 3 is 2.25 bits per heavy atom. The normalized spacial score (nSPS) is 18.4. The predicted octanol–water partition coefficient (Wildman–Crippen LogP) is 4.96. The van der Waals surface area contributed by atoms with Crippen molar-refractivity contribution in [2.24, 2.45) is 4.99 Å². The molecule has 100 valence electrons. The molecule has 1 nitrogen and oxygen atoms in total. The van der Waals surface area contributed by atoms with Crippen molar-refractivity contribution < 1.29 is 0 Å². The van der Waals surface area contributed by atoms with Crippen molar-refractivity contribution in [1.82, 2.24) is 0 Å². The van der Waals surface area contributed by atoms with Crippen LogP contribution in [0, 0.1) is 0 Å². The van der Waals surface area contributed by atoms with Crippen LogP contribution in [0.15, 0.2) is 77.3 Å². The Bertz CT molecular complexity index is 623. The molecule has 0 aromatic heterocycles. The number of hydrogen-bond acceptors (Lipinski definition) is 1. The average Bonchev–Trinajstić information content (AvgIpc) is 2.56. The molecule has 0 saturated carbocycles. The summed E-state index contributed by atoms with van der Waals surface area (Å²) in [6.07, 6.45) is 4.39. The summed E-state index contributed by atoms with van der Waals surface area (Å²) in [4.78, 5) is 4.96. The van der Waals surface area contributed by atoms with E-state index in [9.17, 15) is 0 Å². The van der Waals surface area contributed by atoms with Gasteiger partial charge in [0, 0.05) is 0 Å². The third kappa shape index (κ3) is 2.72. The Labute approximate surface area is 120 Å². The van der Waals surface area contributed by atoms with Crippen molar-refractivity contribution in [3.05, 3.63) is 83.4 Å². The van der Waals surface area contributed by atoms with E-state index in [2.05, 4.69) is 67.6 Å². The number of dihydropyridines is 1. The summed E-state index contributed by atoms with van der Waals surface area (Å²) in [5, 5.41) is 0. The maximum atomic E-state index is 4.96. The van der Waals surface area contributed by atoms with Crippen molar-refractivity contribution in [3.63, 3.8) is 0 Å². The first kappa shape index (κ1) is 12.9. The van der Waals surface area contributed by atoms with Crippen molar-refractivity contribution >= 4 is 5.71 Å². The van der Waals surface area contributed by atoms with Crippen molar-refractivity contribution in [2.45, 2.75) is 25.8 Å². The molecular weight excluding hydrogens is 242 g/mol. The van der Waals surface area contributed by atoms with Crippen LogP contribution >= 0.6 is 0 Å². The molecule has 1 heterocycles. The number of aliphatic imine (C=N–C) groups is 1. The van der Waals surface area contributed by atoms with Crippen LogP contribution in [0.1, 0.15) is 36.9 Å². The zero-order valence-corrected chi connectivity index (χ0v) is 11.8. The molecule has 20 heavy (non-hydrogen) atoms. The molecule has 0 spiro atoms. The molecule has 2 aromatic carbocycles. The fourth-order valence-corrected chi connectivity index (χ4v) is 2.63. The summed E-state index contributed by atoms with van der Waals surface area (Å²) in [5.41, 5.74) is 5.11. The van der Waals surface area contributed by atoms with Crippen LogP contribution in [0.5, 0.6) is 0 Å². The summed E-state index contributed by atoms with van der Waals surface area (Å²) in [5.74, 6) is 0. The minimum Gasteiger partial charge on any atom is -0.276 e. The number of nitrogens with zero attached hydrogens (tertiary/aromatic N) is 1. The van der Waals surface area contributed by atoms with Gasteiger partial charge < -0.3 is 0 Å². The fourth-order valence-electron chi connectivity index (χ4n) is 2.63. The standard InChI is InChI=1S/C19H19N/c1-2-15-13-18(16-9-5-3-6-10-16)20-19(14-15)17-11-7-4-8-12-17/h3-13,19H,2,14H2,1H3. The lowest BCUT2D eigenvalue weighted by molar-refractivity contribution is 0.693. The zero-order chi connectivity index (χ0) is 13.8. The van der Waals surface area contributed by atoms with E-state index in [0.717, 1.165) is 18.6 Å². The lowest BCUT2D eigenvalue weighted by Gasteiger charge is -2.21. The van der Waals surface area contributed by atoms with Crippen LogP contribution in [0.2, 0.25) is 0 Å². The molecule has 1 aliphatic heterocycles. The maximum Gasteiger partial charge on any atom is 0.0793 e. The summed E-state index contributed by atoms with van der Waals surface area (Å²) in [6, 6.07) is 21.3. The van der Waals surface area contributed by atoms with Gasteiger partial charge in [-0.15, -0.1) is 0 Å². The molecule has 2 aromatic rings. The molecule has 1 unspecified atom stereocenters. The Kier molecular flexibility index (Phi) is 3.78.